The highest BCUT2D eigenvalue weighted by atomic mass is 16.4. The van der Waals surface area contributed by atoms with Crippen LogP contribution < -0.4 is 4.90 Å². The summed E-state index contributed by atoms with van der Waals surface area (Å²) < 4.78 is 0. The molecule has 1 aromatic carbocycles. The Morgan fingerprint density at radius 3 is 2.33 bits per heavy atom. The smallest absolute Gasteiger partial charge is 0.407 e. The average molecular weight is 283 g/mol. The summed E-state index contributed by atoms with van der Waals surface area (Å²) in [5.74, 6) is 0.904. The third-order valence-corrected chi connectivity index (χ3v) is 3.68. The van der Waals surface area contributed by atoms with Crippen LogP contribution in [0.5, 0.6) is 0 Å². The van der Waals surface area contributed by atoms with Crippen LogP contribution in [-0.2, 0) is 0 Å². The summed E-state index contributed by atoms with van der Waals surface area (Å²) >= 11 is 0. The molecule has 21 heavy (non-hydrogen) atoms. The molecular weight excluding hydrogens is 266 g/mol. The van der Waals surface area contributed by atoms with E-state index < -0.39 is 6.09 Å². The van der Waals surface area contributed by atoms with Crippen LogP contribution in [0.2, 0.25) is 0 Å². The summed E-state index contributed by atoms with van der Waals surface area (Å²) in [4.78, 5) is 19.2. The lowest BCUT2D eigenvalue weighted by molar-refractivity contribution is 0.142. The number of hydrogen-bond acceptors (Lipinski definition) is 3. The number of anilines is 1. The van der Waals surface area contributed by atoms with Crippen LogP contribution in [-0.4, -0.2) is 47.3 Å². The predicted molar refractivity (Wildman–Crippen MR) is 81.5 cm³/mol. The molecule has 1 saturated heterocycles. The van der Waals surface area contributed by atoms with Crippen molar-refractivity contribution in [2.24, 2.45) is 0 Å². The number of nitrogens with zero attached hydrogens (tertiary/aromatic N) is 3. The van der Waals surface area contributed by atoms with Crippen molar-refractivity contribution < 1.29 is 9.90 Å². The number of benzene rings is 1. The molecule has 1 aliphatic heterocycles. The Kier molecular flexibility index (Phi) is 3.73. The van der Waals surface area contributed by atoms with Gasteiger partial charge in [0.15, 0.2) is 0 Å². The van der Waals surface area contributed by atoms with Gasteiger partial charge in [-0.15, -0.1) is 0 Å². The van der Waals surface area contributed by atoms with E-state index in [0.29, 0.717) is 26.2 Å². The number of carbonyl (C=O) groups is 1. The van der Waals surface area contributed by atoms with E-state index in [2.05, 4.69) is 4.90 Å². The van der Waals surface area contributed by atoms with Gasteiger partial charge < -0.3 is 14.9 Å². The highest BCUT2D eigenvalue weighted by molar-refractivity contribution is 5.66. The van der Waals surface area contributed by atoms with Crippen LogP contribution in [0.15, 0.2) is 48.5 Å². The van der Waals surface area contributed by atoms with Crippen molar-refractivity contribution in [3.8, 4) is 11.3 Å². The largest absolute Gasteiger partial charge is 0.465 e. The Balaban J connectivity index is 1.77. The first kappa shape index (κ1) is 13.4. The highest BCUT2D eigenvalue weighted by Crippen LogP contribution is 2.21. The molecule has 0 unspecified atom stereocenters. The molecule has 0 radical (unpaired) electrons. The number of pyridine rings is 1. The second-order valence-corrected chi connectivity index (χ2v) is 5.00. The number of hydrogen-bond donors (Lipinski definition) is 1. The molecule has 0 atom stereocenters. The molecule has 0 saturated carbocycles. The number of piperazine rings is 1. The molecule has 2 aromatic rings. The Morgan fingerprint density at radius 2 is 1.67 bits per heavy atom. The van der Waals surface area contributed by atoms with E-state index in [1.54, 1.807) is 0 Å². The summed E-state index contributed by atoms with van der Waals surface area (Å²) in [7, 11) is 0. The fraction of sp³-hybridized carbons (Fsp3) is 0.250. The topological polar surface area (TPSA) is 56.7 Å². The number of amides is 1. The molecule has 1 aromatic heterocycles. The highest BCUT2D eigenvalue weighted by Gasteiger charge is 2.21. The molecule has 5 nitrogen and oxygen atoms in total. The lowest BCUT2D eigenvalue weighted by atomic mass is 10.1. The van der Waals surface area contributed by atoms with Gasteiger partial charge in [0.05, 0.1) is 5.69 Å². The molecule has 0 spiro atoms. The predicted octanol–water partition coefficient (Wildman–Crippen LogP) is 2.55. The van der Waals surface area contributed by atoms with E-state index in [9.17, 15) is 4.79 Å². The maximum Gasteiger partial charge on any atom is 0.407 e. The van der Waals surface area contributed by atoms with Gasteiger partial charge in [-0.3, -0.25) is 0 Å². The van der Waals surface area contributed by atoms with Crippen LogP contribution in [0, 0.1) is 0 Å². The fourth-order valence-corrected chi connectivity index (χ4v) is 2.50. The molecule has 1 fully saturated rings. The van der Waals surface area contributed by atoms with E-state index >= 15 is 0 Å². The normalized spacial score (nSPS) is 15.0. The third kappa shape index (κ3) is 2.97. The third-order valence-electron chi connectivity index (χ3n) is 3.68. The van der Waals surface area contributed by atoms with E-state index in [1.165, 1.54) is 4.90 Å². The Hall–Kier alpha value is -2.56. The molecule has 0 bridgehead atoms. The lowest BCUT2D eigenvalue weighted by Crippen LogP contribution is -2.48. The molecule has 1 aliphatic rings. The first-order valence-corrected chi connectivity index (χ1v) is 6.99. The van der Waals surface area contributed by atoms with Gasteiger partial charge in [-0.05, 0) is 12.1 Å². The first-order chi connectivity index (χ1) is 10.2. The van der Waals surface area contributed by atoms with Gasteiger partial charge in [0.1, 0.15) is 5.82 Å². The zero-order chi connectivity index (χ0) is 14.7. The van der Waals surface area contributed by atoms with Gasteiger partial charge in [0, 0.05) is 31.7 Å². The van der Waals surface area contributed by atoms with Gasteiger partial charge in [0.2, 0.25) is 0 Å². The quantitative estimate of drug-likeness (QED) is 0.920. The Bertz CT molecular complexity index is 622. The summed E-state index contributed by atoms with van der Waals surface area (Å²) in [5.41, 5.74) is 2.03. The number of rotatable bonds is 2. The fourth-order valence-electron chi connectivity index (χ4n) is 2.50. The zero-order valence-electron chi connectivity index (χ0n) is 11.6. The second kappa shape index (κ2) is 5.83. The Labute approximate surface area is 123 Å². The monoisotopic (exact) mass is 283 g/mol. The minimum atomic E-state index is -0.847. The van der Waals surface area contributed by atoms with Crippen LogP contribution in [0.4, 0.5) is 10.6 Å². The van der Waals surface area contributed by atoms with Gasteiger partial charge in [-0.25, -0.2) is 9.78 Å². The van der Waals surface area contributed by atoms with Crippen molar-refractivity contribution in [3.63, 3.8) is 0 Å². The molecule has 3 rings (SSSR count). The number of aromatic nitrogens is 1. The number of carboxylic acid groups (broad SMARTS) is 1. The van der Waals surface area contributed by atoms with Gasteiger partial charge in [-0.2, -0.15) is 0 Å². The van der Waals surface area contributed by atoms with Crippen molar-refractivity contribution in [2.45, 2.75) is 0 Å². The summed E-state index contributed by atoms with van der Waals surface area (Å²) in [5, 5.41) is 8.98. The SMILES string of the molecule is O=C(O)N1CCN(c2cccc(-c3ccccc3)n2)CC1. The zero-order valence-corrected chi connectivity index (χ0v) is 11.6. The minimum absolute atomic E-state index is 0.520. The summed E-state index contributed by atoms with van der Waals surface area (Å²) in [6.07, 6.45) is -0.847. The van der Waals surface area contributed by atoms with Gasteiger partial charge in [-0.1, -0.05) is 36.4 Å². The van der Waals surface area contributed by atoms with Crippen LogP contribution in [0.1, 0.15) is 0 Å². The van der Waals surface area contributed by atoms with Crippen molar-refractivity contribution in [1.82, 2.24) is 9.88 Å². The molecular formula is C16H17N3O2. The van der Waals surface area contributed by atoms with Crippen molar-refractivity contribution >= 4 is 11.9 Å². The van der Waals surface area contributed by atoms with Gasteiger partial charge >= 0.3 is 6.09 Å². The molecule has 5 heteroatoms. The second-order valence-electron chi connectivity index (χ2n) is 5.00. The maximum absolute atomic E-state index is 10.9. The molecule has 2 heterocycles. The van der Waals surface area contributed by atoms with Crippen LogP contribution in [0.3, 0.4) is 0 Å². The minimum Gasteiger partial charge on any atom is -0.465 e. The van der Waals surface area contributed by atoms with Crippen molar-refractivity contribution in [2.75, 3.05) is 31.1 Å². The van der Waals surface area contributed by atoms with E-state index in [4.69, 9.17) is 10.1 Å². The standard InChI is InChI=1S/C16H17N3O2/c20-16(21)19-11-9-18(10-12-19)15-8-4-7-14(17-15)13-5-2-1-3-6-13/h1-8H,9-12H2,(H,20,21). The van der Waals surface area contributed by atoms with E-state index in [0.717, 1.165) is 17.1 Å². The molecule has 108 valence electrons. The molecule has 0 aliphatic carbocycles. The molecule has 1 amide bonds. The van der Waals surface area contributed by atoms with Gasteiger partial charge in [0.25, 0.3) is 0 Å². The Morgan fingerprint density at radius 1 is 0.952 bits per heavy atom. The maximum atomic E-state index is 10.9. The lowest BCUT2D eigenvalue weighted by Gasteiger charge is -2.34. The average Bonchev–Trinajstić information content (AvgIpc) is 2.56. The first-order valence-electron chi connectivity index (χ1n) is 6.99. The molecule has 1 N–H and O–H groups in total. The van der Waals surface area contributed by atoms with Crippen molar-refractivity contribution in [1.29, 1.82) is 0 Å². The van der Waals surface area contributed by atoms with Crippen LogP contribution in [0.25, 0.3) is 11.3 Å². The van der Waals surface area contributed by atoms with E-state index in [-0.39, 0.29) is 0 Å². The summed E-state index contributed by atoms with van der Waals surface area (Å²) in [6, 6.07) is 16.0. The van der Waals surface area contributed by atoms with Crippen LogP contribution >= 0.6 is 0 Å². The van der Waals surface area contributed by atoms with Crippen molar-refractivity contribution in [3.05, 3.63) is 48.5 Å². The van der Waals surface area contributed by atoms with E-state index in [1.807, 2.05) is 48.5 Å². The summed E-state index contributed by atoms with van der Waals surface area (Å²) in [6.45, 7) is 2.40.